The summed E-state index contributed by atoms with van der Waals surface area (Å²) in [5.41, 5.74) is 0. The average Bonchev–Trinajstić information content (AvgIpc) is 2.06. The van der Waals surface area contributed by atoms with Gasteiger partial charge in [0.1, 0.15) is 0 Å². The van der Waals surface area contributed by atoms with Crippen molar-refractivity contribution in [2.24, 2.45) is 0 Å². The number of halogens is 3. The molecule has 0 aliphatic carbocycles. The number of ether oxygens (including phenoxy) is 1. The van der Waals surface area contributed by atoms with Gasteiger partial charge in [0.05, 0.1) is 0 Å². The second kappa shape index (κ2) is 4.28. The molecule has 4 heteroatoms. The molecule has 1 aromatic rings. The van der Waals surface area contributed by atoms with Crippen molar-refractivity contribution in [1.29, 1.82) is 0 Å². The van der Waals surface area contributed by atoms with Gasteiger partial charge in [-0.05, 0) is 0 Å². The standard InChI is InChI=1S/C8H8ClFIO/c1-11-6-4-3-5(9)8(12-2)7(6)10/h3-4H,1-2H3/q-1. The molecular formula is C8H8ClFIO-. The summed E-state index contributed by atoms with van der Waals surface area (Å²) in [4.78, 5) is 1.99. The van der Waals surface area contributed by atoms with E-state index >= 15 is 0 Å². The number of benzene rings is 1. The number of methoxy groups -OCH3 is 1. The molecule has 0 amide bonds. The maximum atomic E-state index is 13.4. The Morgan fingerprint density at radius 3 is 2.67 bits per heavy atom. The van der Waals surface area contributed by atoms with Crippen molar-refractivity contribution in [2.75, 3.05) is 12.0 Å². The number of hydrogen-bond donors (Lipinski definition) is 0. The van der Waals surface area contributed by atoms with Crippen LogP contribution in [0.2, 0.25) is 5.02 Å². The third-order valence-corrected chi connectivity index (χ3v) is 3.70. The van der Waals surface area contributed by atoms with Gasteiger partial charge in [-0.3, -0.25) is 0 Å². The maximum absolute atomic E-state index is 13.4. The fourth-order valence-corrected chi connectivity index (χ4v) is 2.32. The van der Waals surface area contributed by atoms with Crippen LogP contribution >= 0.6 is 11.6 Å². The van der Waals surface area contributed by atoms with Gasteiger partial charge in [-0.2, -0.15) is 0 Å². The van der Waals surface area contributed by atoms with E-state index in [1.165, 1.54) is 7.11 Å². The van der Waals surface area contributed by atoms with Gasteiger partial charge < -0.3 is 0 Å². The van der Waals surface area contributed by atoms with Crippen LogP contribution < -0.4 is 25.9 Å². The molecule has 12 heavy (non-hydrogen) atoms. The molecule has 1 aromatic carbocycles. The summed E-state index contributed by atoms with van der Waals surface area (Å²) < 4.78 is 18.9. The van der Waals surface area contributed by atoms with Crippen molar-refractivity contribution in [1.82, 2.24) is 0 Å². The van der Waals surface area contributed by atoms with Gasteiger partial charge in [-0.15, -0.1) is 0 Å². The molecule has 0 aliphatic heterocycles. The Hall–Kier alpha value is -0.0300. The van der Waals surface area contributed by atoms with E-state index in [4.69, 9.17) is 16.3 Å². The quantitative estimate of drug-likeness (QED) is 0.402. The van der Waals surface area contributed by atoms with Crippen LogP contribution in [0.15, 0.2) is 12.1 Å². The molecule has 1 nitrogen and oxygen atoms in total. The first-order chi connectivity index (χ1) is 5.70. The minimum atomic E-state index is -0.305. The molecule has 68 valence electrons. The molecule has 0 fully saturated rings. The van der Waals surface area contributed by atoms with Crippen LogP contribution in [0.3, 0.4) is 0 Å². The fraction of sp³-hybridized carbons (Fsp3) is 0.250. The second-order valence-electron chi connectivity index (χ2n) is 2.07. The second-order valence-corrected chi connectivity index (χ2v) is 4.71. The molecule has 0 spiro atoms. The van der Waals surface area contributed by atoms with Crippen LogP contribution in [0.25, 0.3) is 0 Å². The van der Waals surface area contributed by atoms with E-state index in [0.29, 0.717) is 5.02 Å². The summed E-state index contributed by atoms with van der Waals surface area (Å²) >= 11 is 5.44. The average molecular weight is 302 g/mol. The summed E-state index contributed by atoms with van der Waals surface area (Å²) in [6, 6.07) is 3.38. The topological polar surface area (TPSA) is 9.23 Å². The predicted molar refractivity (Wildman–Crippen MR) is 42.6 cm³/mol. The van der Waals surface area contributed by atoms with Gasteiger partial charge >= 0.3 is 86.3 Å². The van der Waals surface area contributed by atoms with Crippen LogP contribution in [-0.4, -0.2) is 12.0 Å². The third kappa shape index (κ3) is 1.82. The Bertz CT molecular complexity index is 291. The number of rotatable bonds is 2. The molecule has 1 rings (SSSR count). The molecule has 0 atom stereocenters. The zero-order chi connectivity index (χ0) is 9.14. The van der Waals surface area contributed by atoms with Gasteiger partial charge in [0.25, 0.3) is 0 Å². The predicted octanol–water partition coefficient (Wildman–Crippen LogP) is -0.624. The first kappa shape index (κ1) is 10.1. The molecule has 0 saturated carbocycles. The van der Waals surface area contributed by atoms with Crippen molar-refractivity contribution in [3.63, 3.8) is 0 Å². The SMILES string of the molecule is COc1c(Cl)ccc([I-]C)c1F. The van der Waals surface area contributed by atoms with Crippen LogP contribution in [0.5, 0.6) is 5.75 Å². The third-order valence-electron chi connectivity index (χ3n) is 1.41. The molecule has 0 saturated heterocycles. The number of hydrogen-bond acceptors (Lipinski definition) is 1. The molecule has 0 bridgehead atoms. The molecular weight excluding hydrogens is 293 g/mol. The van der Waals surface area contributed by atoms with Crippen molar-refractivity contribution in [3.8, 4) is 5.75 Å². The summed E-state index contributed by atoms with van der Waals surface area (Å²) in [5, 5.41) is 0.330. The molecule has 0 unspecified atom stereocenters. The van der Waals surface area contributed by atoms with E-state index in [-0.39, 0.29) is 32.8 Å². The Balaban J connectivity index is 3.24. The van der Waals surface area contributed by atoms with Crippen LogP contribution in [-0.2, 0) is 0 Å². The Labute approximate surface area is 86.1 Å². The van der Waals surface area contributed by atoms with E-state index < -0.39 is 0 Å². The van der Waals surface area contributed by atoms with Crippen LogP contribution in [0.4, 0.5) is 4.39 Å². The summed E-state index contributed by atoms with van der Waals surface area (Å²) in [6.45, 7) is 0. The van der Waals surface area contributed by atoms with E-state index in [1.807, 2.05) is 4.93 Å². The van der Waals surface area contributed by atoms with E-state index in [2.05, 4.69) is 0 Å². The summed E-state index contributed by atoms with van der Waals surface area (Å²) in [6.07, 6.45) is 0. The molecule has 0 aromatic heterocycles. The van der Waals surface area contributed by atoms with Crippen molar-refractivity contribution in [2.45, 2.75) is 0 Å². The first-order valence-corrected chi connectivity index (χ1v) is 6.83. The minimum absolute atomic E-state index is 0.163. The van der Waals surface area contributed by atoms with Gasteiger partial charge in [0.15, 0.2) is 0 Å². The Kier molecular flexibility index (Phi) is 3.58. The van der Waals surface area contributed by atoms with Gasteiger partial charge in [-0.25, -0.2) is 0 Å². The number of alkyl halides is 1. The van der Waals surface area contributed by atoms with E-state index in [1.54, 1.807) is 12.1 Å². The van der Waals surface area contributed by atoms with Crippen LogP contribution in [0.1, 0.15) is 0 Å². The van der Waals surface area contributed by atoms with Crippen LogP contribution in [0, 0.1) is 9.39 Å². The Morgan fingerprint density at radius 1 is 1.50 bits per heavy atom. The van der Waals surface area contributed by atoms with Crippen molar-refractivity contribution < 1.29 is 30.3 Å². The van der Waals surface area contributed by atoms with E-state index in [9.17, 15) is 4.39 Å². The van der Waals surface area contributed by atoms with Gasteiger partial charge in [0, 0.05) is 0 Å². The first-order valence-electron chi connectivity index (χ1n) is 3.22. The van der Waals surface area contributed by atoms with E-state index in [0.717, 1.165) is 3.57 Å². The monoisotopic (exact) mass is 301 g/mol. The van der Waals surface area contributed by atoms with Crippen molar-refractivity contribution in [3.05, 3.63) is 26.5 Å². The zero-order valence-electron chi connectivity index (χ0n) is 6.70. The van der Waals surface area contributed by atoms with Crippen molar-refractivity contribution >= 4 is 11.6 Å². The molecule has 0 aliphatic rings. The normalized spacial score (nSPS) is 10.3. The molecule has 0 N–H and O–H groups in total. The molecule has 0 heterocycles. The molecule has 0 radical (unpaired) electrons. The Morgan fingerprint density at radius 2 is 2.17 bits per heavy atom. The summed E-state index contributed by atoms with van der Waals surface area (Å²) in [5.74, 6) is -0.143. The fourth-order valence-electron chi connectivity index (χ4n) is 0.842. The summed E-state index contributed by atoms with van der Waals surface area (Å²) in [7, 11) is 1.42. The van der Waals surface area contributed by atoms with Gasteiger partial charge in [0.2, 0.25) is 0 Å². The van der Waals surface area contributed by atoms with Gasteiger partial charge in [-0.1, -0.05) is 0 Å². The zero-order valence-corrected chi connectivity index (χ0v) is 9.61.